The Labute approximate surface area is 123 Å². The zero-order valence-electron chi connectivity index (χ0n) is 11.5. The fraction of sp³-hybridized carbons (Fsp3) is 0.118. The monoisotopic (exact) mass is 281 g/mol. The highest BCUT2D eigenvalue weighted by Crippen LogP contribution is 2.17. The first-order valence-corrected chi connectivity index (χ1v) is 6.85. The Hall–Kier alpha value is -2.62. The topological polar surface area (TPSA) is 29.9 Å². The van der Waals surface area contributed by atoms with Crippen LogP contribution in [0.1, 0.15) is 11.1 Å². The second kappa shape index (κ2) is 6.22. The molecule has 1 heterocycles. The van der Waals surface area contributed by atoms with Crippen LogP contribution in [0.3, 0.4) is 0 Å². The molecule has 0 atom stereocenters. The Kier molecular flexibility index (Phi) is 3.96. The van der Waals surface area contributed by atoms with E-state index in [-0.39, 0.29) is 5.82 Å². The van der Waals surface area contributed by atoms with E-state index in [9.17, 15) is 4.39 Å². The van der Waals surface area contributed by atoms with Gasteiger partial charge in [-0.2, -0.15) is 5.10 Å². The van der Waals surface area contributed by atoms with Crippen LogP contribution in [0.5, 0.6) is 0 Å². The molecule has 3 rings (SSSR count). The van der Waals surface area contributed by atoms with Crippen molar-refractivity contribution in [3.63, 3.8) is 0 Å². The van der Waals surface area contributed by atoms with Crippen molar-refractivity contribution >= 4 is 5.69 Å². The van der Waals surface area contributed by atoms with Crippen molar-refractivity contribution in [1.29, 1.82) is 0 Å². The molecular weight excluding hydrogens is 265 g/mol. The van der Waals surface area contributed by atoms with Gasteiger partial charge in [0.2, 0.25) is 0 Å². The average Bonchev–Trinajstić information content (AvgIpc) is 3.01. The molecule has 0 saturated heterocycles. The first kappa shape index (κ1) is 13.4. The average molecular weight is 281 g/mol. The maximum atomic E-state index is 12.9. The summed E-state index contributed by atoms with van der Waals surface area (Å²) in [6, 6.07) is 16.6. The van der Waals surface area contributed by atoms with E-state index in [1.807, 2.05) is 35.1 Å². The first-order chi connectivity index (χ1) is 10.3. The maximum absolute atomic E-state index is 12.9. The molecule has 0 radical (unpaired) electrons. The number of nitrogens with one attached hydrogen (secondary N) is 1. The predicted molar refractivity (Wildman–Crippen MR) is 81.5 cm³/mol. The van der Waals surface area contributed by atoms with Crippen molar-refractivity contribution in [1.82, 2.24) is 9.78 Å². The Morgan fingerprint density at radius 1 is 1.00 bits per heavy atom. The summed E-state index contributed by atoms with van der Waals surface area (Å²) in [4.78, 5) is 0. The minimum atomic E-state index is -0.210. The van der Waals surface area contributed by atoms with Gasteiger partial charge in [-0.15, -0.1) is 0 Å². The quantitative estimate of drug-likeness (QED) is 0.773. The van der Waals surface area contributed by atoms with E-state index in [4.69, 9.17) is 0 Å². The molecule has 0 aliphatic heterocycles. The lowest BCUT2D eigenvalue weighted by Crippen LogP contribution is -2.06. The van der Waals surface area contributed by atoms with E-state index in [0.29, 0.717) is 6.54 Å². The molecule has 1 aromatic heterocycles. The highest BCUT2D eigenvalue weighted by molar-refractivity contribution is 5.51. The third-order valence-electron chi connectivity index (χ3n) is 3.31. The number of para-hydroxylation sites is 1. The van der Waals surface area contributed by atoms with E-state index >= 15 is 0 Å². The van der Waals surface area contributed by atoms with Gasteiger partial charge in [-0.25, -0.2) is 4.39 Å². The smallest absolute Gasteiger partial charge is 0.123 e. The number of halogens is 1. The van der Waals surface area contributed by atoms with E-state index in [1.54, 1.807) is 18.3 Å². The molecule has 2 aromatic carbocycles. The third kappa shape index (κ3) is 3.48. The highest BCUT2D eigenvalue weighted by Gasteiger charge is 2.03. The molecule has 0 amide bonds. The van der Waals surface area contributed by atoms with Gasteiger partial charge < -0.3 is 5.32 Å². The lowest BCUT2D eigenvalue weighted by atomic mass is 10.1. The molecule has 3 aromatic rings. The summed E-state index contributed by atoms with van der Waals surface area (Å²) < 4.78 is 14.8. The second-order valence-corrected chi connectivity index (χ2v) is 4.84. The zero-order chi connectivity index (χ0) is 14.5. The van der Waals surface area contributed by atoms with Crippen LogP contribution < -0.4 is 5.32 Å². The Balaban J connectivity index is 1.71. The zero-order valence-corrected chi connectivity index (χ0v) is 11.5. The van der Waals surface area contributed by atoms with Gasteiger partial charge in [-0.1, -0.05) is 30.3 Å². The highest BCUT2D eigenvalue weighted by atomic mass is 19.1. The van der Waals surface area contributed by atoms with Crippen LogP contribution in [-0.4, -0.2) is 9.78 Å². The predicted octanol–water partition coefficient (Wildman–Crippen LogP) is 3.68. The Morgan fingerprint density at radius 3 is 2.57 bits per heavy atom. The molecule has 0 bridgehead atoms. The Morgan fingerprint density at radius 2 is 1.81 bits per heavy atom. The molecule has 1 N–H and O–H groups in total. The van der Waals surface area contributed by atoms with Gasteiger partial charge >= 0.3 is 0 Å². The summed E-state index contributed by atoms with van der Waals surface area (Å²) in [5, 5.41) is 7.63. The molecule has 0 spiro atoms. The van der Waals surface area contributed by atoms with Gasteiger partial charge in [0.25, 0.3) is 0 Å². The van der Waals surface area contributed by atoms with E-state index in [1.165, 1.54) is 17.7 Å². The summed E-state index contributed by atoms with van der Waals surface area (Å²) in [7, 11) is 0. The summed E-state index contributed by atoms with van der Waals surface area (Å²) in [6.07, 6.45) is 3.71. The van der Waals surface area contributed by atoms with Crippen molar-refractivity contribution in [3.8, 4) is 0 Å². The summed E-state index contributed by atoms with van der Waals surface area (Å²) in [5.41, 5.74) is 3.28. The molecule has 0 aliphatic carbocycles. The summed E-state index contributed by atoms with van der Waals surface area (Å²) >= 11 is 0. The van der Waals surface area contributed by atoms with Gasteiger partial charge in [0.15, 0.2) is 0 Å². The van der Waals surface area contributed by atoms with Gasteiger partial charge in [0, 0.05) is 24.6 Å². The molecule has 0 fully saturated rings. The Bertz CT molecular complexity index is 690. The standard InChI is InChI=1S/C17H16FN3/c18-16-8-6-14(7-9-16)12-19-17-5-2-1-4-15(17)13-21-11-3-10-20-21/h1-11,19H,12-13H2. The van der Waals surface area contributed by atoms with Crippen LogP contribution in [0.25, 0.3) is 0 Å². The second-order valence-electron chi connectivity index (χ2n) is 4.84. The van der Waals surface area contributed by atoms with Crippen molar-refractivity contribution < 1.29 is 4.39 Å². The third-order valence-corrected chi connectivity index (χ3v) is 3.31. The lowest BCUT2D eigenvalue weighted by Gasteiger charge is -2.12. The number of anilines is 1. The van der Waals surface area contributed by atoms with Crippen LogP contribution in [0, 0.1) is 5.82 Å². The van der Waals surface area contributed by atoms with E-state index in [0.717, 1.165) is 17.8 Å². The first-order valence-electron chi connectivity index (χ1n) is 6.85. The van der Waals surface area contributed by atoms with Crippen molar-refractivity contribution in [3.05, 3.63) is 83.9 Å². The number of nitrogens with zero attached hydrogens (tertiary/aromatic N) is 2. The largest absolute Gasteiger partial charge is 0.381 e. The molecule has 21 heavy (non-hydrogen) atoms. The molecule has 0 aliphatic rings. The number of hydrogen-bond acceptors (Lipinski definition) is 2. The molecule has 0 saturated carbocycles. The fourth-order valence-electron chi connectivity index (χ4n) is 2.20. The number of hydrogen-bond donors (Lipinski definition) is 1. The molecule has 0 unspecified atom stereocenters. The van der Waals surface area contributed by atoms with Crippen LogP contribution in [0.4, 0.5) is 10.1 Å². The summed E-state index contributed by atoms with van der Waals surface area (Å²) in [6.45, 7) is 1.38. The van der Waals surface area contributed by atoms with Crippen LogP contribution >= 0.6 is 0 Å². The van der Waals surface area contributed by atoms with Crippen molar-refractivity contribution in [2.45, 2.75) is 13.1 Å². The van der Waals surface area contributed by atoms with Crippen LogP contribution in [0.2, 0.25) is 0 Å². The minimum Gasteiger partial charge on any atom is -0.381 e. The number of rotatable bonds is 5. The SMILES string of the molecule is Fc1ccc(CNc2ccccc2Cn2cccn2)cc1. The van der Waals surface area contributed by atoms with Crippen molar-refractivity contribution in [2.24, 2.45) is 0 Å². The van der Waals surface area contributed by atoms with Crippen LogP contribution in [-0.2, 0) is 13.1 Å². The van der Waals surface area contributed by atoms with Gasteiger partial charge in [0.05, 0.1) is 6.54 Å². The van der Waals surface area contributed by atoms with Gasteiger partial charge in [-0.05, 0) is 35.4 Å². The normalized spacial score (nSPS) is 10.5. The fourth-order valence-corrected chi connectivity index (χ4v) is 2.20. The number of benzene rings is 2. The summed E-state index contributed by atoms with van der Waals surface area (Å²) in [5.74, 6) is -0.210. The lowest BCUT2D eigenvalue weighted by molar-refractivity contribution is 0.627. The van der Waals surface area contributed by atoms with Crippen molar-refractivity contribution in [2.75, 3.05) is 5.32 Å². The van der Waals surface area contributed by atoms with Gasteiger partial charge in [0.1, 0.15) is 5.82 Å². The number of aromatic nitrogens is 2. The maximum Gasteiger partial charge on any atom is 0.123 e. The van der Waals surface area contributed by atoms with E-state index in [2.05, 4.69) is 16.5 Å². The van der Waals surface area contributed by atoms with E-state index < -0.39 is 0 Å². The molecule has 4 heteroatoms. The molecule has 106 valence electrons. The van der Waals surface area contributed by atoms with Gasteiger partial charge in [-0.3, -0.25) is 4.68 Å². The minimum absolute atomic E-state index is 0.210. The molecular formula is C17H16FN3. The van der Waals surface area contributed by atoms with Crippen LogP contribution in [0.15, 0.2) is 67.0 Å². The molecule has 3 nitrogen and oxygen atoms in total.